The summed E-state index contributed by atoms with van der Waals surface area (Å²) >= 11 is 1.66. The van der Waals surface area contributed by atoms with Crippen molar-refractivity contribution in [3.63, 3.8) is 0 Å². The summed E-state index contributed by atoms with van der Waals surface area (Å²) in [6.45, 7) is 11.3. The molecule has 1 N–H and O–H groups in total. The molecule has 1 rings (SSSR count). The van der Waals surface area contributed by atoms with Gasteiger partial charge in [0, 0.05) is 24.6 Å². The molecule has 0 saturated heterocycles. The van der Waals surface area contributed by atoms with Crippen LogP contribution in [-0.4, -0.2) is 47.4 Å². The highest BCUT2D eigenvalue weighted by molar-refractivity contribution is 7.98. The fourth-order valence-electron chi connectivity index (χ4n) is 3.15. The lowest BCUT2D eigenvalue weighted by Crippen LogP contribution is -2.51. The van der Waals surface area contributed by atoms with Gasteiger partial charge in [0.1, 0.15) is 11.6 Å². The van der Waals surface area contributed by atoms with Crippen molar-refractivity contribution in [2.45, 2.75) is 90.5 Å². The predicted molar refractivity (Wildman–Crippen MR) is 131 cm³/mol. The van der Waals surface area contributed by atoms with Gasteiger partial charge < -0.3 is 15.0 Å². The van der Waals surface area contributed by atoms with Gasteiger partial charge in [-0.15, -0.1) is 0 Å². The van der Waals surface area contributed by atoms with Crippen LogP contribution in [0.3, 0.4) is 0 Å². The molecule has 5 nitrogen and oxygen atoms in total. The number of thioether (sulfide) groups is 1. The van der Waals surface area contributed by atoms with Gasteiger partial charge in [-0.25, -0.2) is 4.79 Å². The number of unbranched alkanes of at least 4 members (excludes halogenated alkanes) is 4. The van der Waals surface area contributed by atoms with Crippen molar-refractivity contribution in [3.8, 4) is 0 Å². The van der Waals surface area contributed by atoms with Crippen LogP contribution < -0.4 is 5.32 Å². The standard InChI is InChI=1S/C25H42N2O3S/c1-6-8-13-17-27(18-14-9-7-2)23(28)22(26-24(29)30-25(3,4)5)20-31-19-21-15-11-10-12-16-21/h10-12,15-16,22H,6-9,13-14,17-20H2,1-5H3,(H,26,29)/t22-/m0/s1. The molecule has 6 heteroatoms. The number of hydrogen-bond acceptors (Lipinski definition) is 4. The molecule has 0 spiro atoms. The Kier molecular flexibility index (Phi) is 13.4. The van der Waals surface area contributed by atoms with Crippen LogP contribution in [0.1, 0.15) is 78.7 Å². The van der Waals surface area contributed by atoms with E-state index >= 15 is 0 Å². The number of carbonyl (C=O) groups excluding carboxylic acids is 2. The van der Waals surface area contributed by atoms with E-state index in [-0.39, 0.29) is 5.91 Å². The first kappa shape index (κ1) is 27.3. The molecule has 31 heavy (non-hydrogen) atoms. The zero-order valence-electron chi connectivity index (χ0n) is 20.1. The molecule has 0 aliphatic carbocycles. The van der Waals surface area contributed by atoms with Gasteiger partial charge in [0.25, 0.3) is 0 Å². The molecule has 0 aliphatic rings. The predicted octanol–water partition coefficient (Wildman–Crippen LogP) is 6.02. The molecule has 0 heterocycles. The second-order valence-electron chi connectivity index (χ2n) is 8.94. The Morgan fingerprint density at radius 3 is 2.10 bits per heavy atom. The second kappa shape index (κ2) is 15.2. The van der Waals surface area contributed by atoms with Crippen LogP contribution in [0.4, 0.5) is 4.79 Å². The SMILES string of the molecule is CCCCCN(CCCCC)C(=O)[C@H](CSCc1ccccc1)NC(=O)OC(C)(C)C. The highest BCUT2D eigenvalue weighted by Crippen LogP contribution is 2.16. The number of nitrogens with zero attached hydrogens (tertiary/aromatic N) is 1. The fourth-order valence-corrected chi connectivity index (χ4v) is 4.16. The van der Waals surface area contributed by atoms with E-state index in [1.807, 2.05) is 43.9 Å². The lowest BCUT2D eigenvalue weighted by Gasteiger charge is -2.29. The van der Waals surface area contributed by atoms with E-state index in [0.29, 0.717) is 5.75 Å². The molecule has 0 unspecified atom stereocenters. The molecule has 0 radical (unpaired) electrons. The number of ether oxygens (including phenoxy) is 1. The molecule has 2 amide bonds. The first-order valence-electron chi connectivity index (χ1n) is 11.7. The van der Waals surface area contributed by atoms with Gasteiger partial charge >= 0.3 is 6.09 Å². The van der Waals surface area contributed by atoms with Crippen LogP contribution in [0.15, 0.2) is 30.3 Å². The Balaban J connectivity index is 2.83. The van der Waals surface area contributed by atoms with Gasteiger partial charge in [0.15, 0.2) is 0 Å². The fraction of sp³-hybridized carbons (Fsp3) is 0.680. The number of carbonyl (C=O) groups is 2. The van der Waals surface area contributed by atoms with E-state index in [0.717, 1.165) is 57.4 Å². The third-order valence-corrected chi connectivity index (χ3v) is 5.87. The highest BCUT2D eigenvalue weighted by Gasteiger charge is 2.28. The molecule has 1 aromatic rings. The maximum Gasteiger partial charge on any atom is 0.408 e. The Bertz CT molecular complexity index is 621. The molecular weight excluding hydrogens is 408 g/mol. The minimum atomic E-state index is -0.600. The molecule has 0 fully saturated rings. The molecular formula is C25H42N2O3S. The van der Waals surface area contributed by atoms with E-state index in [1.54, 1.807) is 11.8 Å². The monoisotopic (exact) mass is 450 g/mol. The van der Waals surface area contributed by atoms with Crippen molar-refractivity contribution >= 4 is 23.8 Å². The Labute approximate surface area is 193 Å². The minimum absolute atomic E-state index is 0.00127. The van der Waals surface area contributed by atoms with Crippen molar-refractivity contribution in [2.24, 2.45) is 0 Å². The Morgan fingerprint density at radius 2 is 1.58 bits per heavy atom. The highest BCUT2D eigenvalue weighted by atomic mass is 32.2. The number of hydrogen-bond donors (Lipinski definition) is 1. The summed E-state index contributed by atoms with van der Waals surface area (Å²) in [4.78, 5) is 27.8. The molecule has 1 atom stereocenters. The summed E-state index contributed by atoms with van der Waals surface area (Å²) in [6.07, 6.45) is 5.88. The van der Waals surface area contributed by atoms with Crippen molar-refractivity contribution in [1.29, 1.82) is 0 Å². The molecule has 0 saturated carbocycles. The van der Waals surface area contributed by atoms with Crippen LogP contribution in [0.5, 0.6) is 0 Å². The number of nitrogens with one attached hydrogen (secondary N) is 1. The lowest BCUT2D eigenvalue weighted by molar-refractivity contribution is -0.133. The summed E-state index contributed by atoms with van der Waals surface area (Å²) in [6, 6.07) is 9.59. The number of benzene rings is 1. The summed E-state index contributed by atoms with van der Waals surface area (Å²) in [5.74, 6) is 1.32. The van der Waals surface area contributed by atoms with Crippen LogP contribution in [-0.2, 0) is 15.3 Å². The van der Waals surface area contributed by atoms with Gasteiger partial charge in [0.2, 0.25) is 5.91 Å². The third-order valence-electron chi connectivity index (χ3n) is 4.76. The number of amides is 2. The van der Waals surface area contributed by atoms with E-state index in [1.165, 1.54) is 5.56 Å². The van der Waals surface area contributed by atoms with Gasteiger partial charge in [-0.1, -0.05) is 69.9 Å². The zero-order chi connectivity index (χ0) is 23.1. The van der Waals surface area contributed by atoms with Crippen molar-refractivity contribution < 1.29 is 14.3 Å². The van der Waals surface area contributed by atoms with Crippen LogP contribution >= 0.6 is 11.8 Å². The minimum Gasteiger partial charge on any atom is -0.444 e. The summed E-state index contributed by atoms with van der Waals surface area (Å²) in [5, 5.41) is 2.85. The van der Waals surface area contributed by atoms with Crippen LogP contribution in [0, 0.1) is 0 Å². The van der Waals surface area contributed by atoms with Gasteiger partial charge in [-0.2, -0.15) is 11.8 Å². The maximum atomic E-state index is 13.4. The van der Waals surface area contributed by atoms with Gasteiger partial charge in [0.05, 0.1) is 0 Å². The molecule has 1 aromatic carbocycles. The number of alkyl carbamates (subject to hydrolysis) is 1. The van der Waals surface area contributed by atoms with E-state index in [4.69, 9.17) is 4.74 Å². The van der Waals surface area contributed by atoms with E-state index in [9.17, 15) is 9.59 Å². The zero-order valence-corrected chi connectivity index (χ0v) is 20.9. The molecule has 0 aliphatic heterocycles. The van der Waals surface area contributed by atoms with Gasteiger partial charge in [-0.05, 0) is 39.2 Å². The van der Waals surface area contributed by atoms with Crippen molar-refractivity contribution in [2.75, 3.05) is 18.8 Å². The van der Waals surface area contributed by atoms with E-state index in [2.05, 4.69) is 31.3 Å². The third kappa shape index (κ3) is 12.7. The number of rotatable bonds is 14. The van der Waals surface area contributed by atoms with Crippen molar-refractivity contribution in [1.82, 2.24) is 10.2 Å². The van der Waals surface area contributed by atoms with Crippen molar-refractivity contribution in [3.05, 3.63) is 35.9 Å². The topological polar surface area (TPSA) is 58.6 Å². The summed E-state index contributed by atoms with van der Waals surface area (Å²) < 4.78 is 5.43. The quantitative estimate of drug-likeness (QED) is 0.352. The largest absolute Gasteiger partial charge is 0.444 e. The lowest BCUT2D eigenvalue weighted by atomic mass is 10.2. The second-order valence-corrected chi connectivity index (χ2v) is 9.97. The Hall–Kier alpha value is -1.69. The van der Waals surface area contributed by atoms with E-state index < -0.39 is 17.7 Å². The Morgan fingerprint density at radius 1 is 1.00 bits per heavy atom. The first-order valence-corrected chi connectivity index (χ1v) is 12.8. The maximum absolute atomic E-state index is 13.4. The molecule has 0 aromatic heterocycles. The average molecular weight is 451 g/mol. The summed E-state index contributed by atoms with van der Waals surface area (Å²) in [5.41, 5.74) is 0.607. The molecule has 176 valence electrons. The van der Waals surface area contributed by atoms with Crippen LogP contribution in [0.2, 0.25) is 0 Å². The average Bonchev–Trinajstić information content (AvgIpc) is 2.71. The smallest absolute Gasteiger partial charge is 0.408 e. The first-order chi connectivity index (χ1) is 14.8. The van der Waals surface area contributed by atoms with Crippen LogP contribution in [0.25, 0.3) is 0 Å². The normalized spacial score (nSPS) is 12.3. The summed E-state index contributed by atoms with van der Waals surface area (Å²) in [7, 11) is 0. The van der Waals surface area contributed by atoms with Gasteiger partial charge in [-0.3, -0.25) is 4.79 Å². The molecule has 0 bridgehead atoms.